The number of nitrogens with one attached hydrogen (secondary N) is 1. The number of aryl methyl sites for hydroxylation is 1. The number of hydrogen-bond acceptors (Lipinski definition) is 2. The minimum atomic E-state index is -0.650. The van der Waals surface area contributed by atoms with Gasteiger partial charge in [0.2, 0.25) is 0 Å². The Hall–Kier alpha value is -10.6. The van der Waals surface area contributed by atoms with Gasteiger partial charge in [-0.3, -0.25) is 0 Å². The second kappa shape index (κ2) is 20.9. The van der Waals surface area contributed by atoms with Crippen molar-refractivity contribution in [3.8, 4) is 28.2 Å². The quantitative estimate of drug-likeness (QED) is 0.0893. The molecule has 3 aromatic heterocycles. The number of nitrogens with zero attached hydrogens (tertiary/aromatic N) is 3. The van der Waals surface area contributed by atoms with Gasteiger partial charge in [-0.05, 0) is 160 Å². The molecule has 1 atom stereocenters. The smallest absolute Gasteiger partial charge is 0.108 e. The third-order valence-corrected chi connectivity index (χ3v) is 16.3. The largest absolute Gasteiger partial charge is 0.398 e. The lowest BCUT2D eigenvalue weighted by Crippen LogP contribution is -2.32. The molecule has 3 heterocycles. The van der Waals surface area contributed by atoms with E-state index in [4.69, 9.17) is 5.73 Å². The zero-order chi connectivity index (χ0) is 55.2. The van der Waals surface area contributed by atoms with Crippen LogP contribution in [-0.2, 0) is 12.0 Å². The SMILES string of the molecule is C=C/C(=C\C=C(/Cc1ccccc1N)NC1(c2cccc(-n3c(C)cc(-c4ccc5c(c4)c4ccccc4n5-c4ccccc4)cccc4ccccc43)c2)C=C1c1ccccc1)c1ccc2c(c1)c1ccccc1n2-c1ccccc1. The molecule has 0 amide bonds. The van der Waals surface area contributed by atoms with E-state index >= 15 is 0 Å². The van der Waals surface area contributed by atoms with Crippen LogP contribution in [0.25, 0.3) is 93.8 Å². The van der Waals surface area contributed by atoms with Crippen molar-refractivity contribution in [2.75, 3.05) is 5.73 Å². The van der Waals surface area contributed by atoms with E-state index in [9.17, 15) is 0 Å². The first-order valence-corrected chi connectivity index (χ1v) is 28.1. The first-order chi connectivity index (χ1) is 40.4. The van der Waals surface area contributed by atoms with Crippen molar-refractivity contribution >= 4 is 71.3 Å². The molecule has 0 fully saturated rings. The molecule has 5 heteroatoms. The van der Waals surface area contributed by atoms with Crippen molar-refractivity contribution in [1.29, 1.82) is 0 Å². The number of anilines is 1. The van der Waals surface area contributed by atoms with E-state index in [0.29, 0.717) is 6.42 Å². The molecule has 0 saturated heterocycles. The Balaban J connectivity index is 0.892. The predicted molar refractivity (Wildman–Crippen MR) is 346 cm³/mol. The highest BCUT2D eigenvalue weighted by molar-refractivity contribution is 6.11. The summed E-state index contributed by atoms with van der Waals surface area (Å²) in [5.41, 5.74) is 27.0. The third-order valence-electron chi connectivity index (χ3n) is 16.3. The van der Waals surface area contributed by atoms with Gasteiger partial charge in [0.25, 0.3) is 0 Å². The Morgan fingerprint density at radius 1 is 0.451 bits per heavy atom. The van der Waals surface area contributed by atoms with Gasteiger partial charge in [0.15, 0.2) is 0 Å². The van der Waals surface area contributed by atoms with Gasteiger partial charge in [-0.25, -0.2) is 0 Å². The number of nitrogen functional groups attached to an aromatic ring is 1. The van der Waals surface area contributed by atoms with Crippen LogP contribution in [0.4, 0.5) is 5.69 Å². The summed E-state index contributed by atoms with van der Waals surface area (Å²) >= 11 is 0. The van der Waals surface area contributed by atoms with Crippen molar-refractivity contribution in [1.82, 2.24) is 19.0 Å². The van der Waals surface area contributed by atoms with Crippen LogP contribution in [0.3, 0.4) is 0 Å². The molecule has 392 valence electrons. The van der Waals surface area contributed by atoms with Crippen LogP contribution in [0.5, 0.6) is 0 Å². The highest BCUT2D eigenvalue weighted by atomic mass is 15.0. The maximum absolute atomic E-state index is 6.78. The second-order valence-corrected chi connectivity index (χ2v) is 21.3. The number of para-hydroxylation sites is 6. The lowest BCUT2D eigenvalue weighted by molar-refractivity contribution is 0.639. The molecule has 13 aromatic rings. The van der Waals surface area contributed by atoms with E-state index in [1.54, 1.807) is 0 Å². The van der Waals surface area contributed by atoms with E-state index < -0.39 is 5.54 Å². The highest BCUT2D eigenvalue weighted by Crippen LogP contribution is 2.52. The Bertz CT molecular complexity index is 4780. The average molecular weight is 1050 g/mol. The molecule has 0 bridgehead atoms. The number of aromatic nitrogens is 3. The summed E-state index contributed by atoms with van der Waals surface area (Å²) in [5, 5.41) is 10.1. The number of rotatable bonds is 13. The van der Waals surface area contributed by atoms with Crippen molar-refractivity contribution in [2.24, 2.45) is 0 Å². The monoisotopic (exact) mass is 1050 g/mol. The average Bonchev–Trinajstić information content (AvgIpc) is 3.85. The van der Waals surface area contributed by atoms with Crippen LogP contribution >= 0.6 is 0 Å². The Labute approximate surface area is 478 Å². The fourth-order valence-electron chi connectivity index (χ4n) is 12.3. The molecule has 1 aliphatic carbocycles. The summed E-state index contributed by atoms with van der Waals surface area (Å²) in [6, 6.07) is 98.0. The van der Waals surface area contributed by atoms with Crippen LogP contribution in [-0.4, -0.2) is 13.7 Å². The van der Waals surface area contributed by atoms with E-state index in [-0.39, 0.29) is 0 Å². The minimum absolute atomic E-state index is 0.579. The molecule has 14 rings (SSSR count). The van der Waals surface area contributed by atoms with Crippen LogP contribution in [0.15, 0.2) is 310 Å². The van der Waals surface area contributed by atoms with Gasteiger partial charge in [0.1, 0.15) is 5.54 Å². The van der Waals surface area contributed by atoms with Crippen LogP contribution in [0, 0.1) is 6.92 Å². The van der Waals surface area contributed by atoms with Crippen LogP contribution in [0.2, 0.25) is 0 Å². The maximum atomic E-state index is 6.78. The van der Waals surface area contributed by atoms with Gasteiger partial charge in [-0.15, -0.1) is 0 Å². The number of allylic oxidation sites excluding steroid dienone is 5. The van der Waals surface area contributed by atoms with E-state index in [2.05, 4.69) is 312 Å². The predicted octanol–water partition coefficient (Wildman–Crippen LogP) is 18.8. The fourth-order valence-corrected chi connectivity index (χ4v) is 12.3. The topological polar surface area (TPSA) is 52.8 Å². The minimum Gasteiger partial charge on any atom is -0.398 e. The molecule has 0 radical (unpaired) electrons. The molecule has 82 heavy (non-hydrogen) atoms. The van der Waals surface area contributed by atoms with E-state index in [0.717, 1.165) is 89.5 Å². The number of fused-ring (bicyclic) bond motifs is 7. The summed E-state index contributed by atoms with van der Waals surface area (Å²) in [6.45, 7) is 6.61. The zero-order valence-corrected chi connectivity index (χ0v) is 45.6. The normalized spacial score (nSPS) is 14.3. The molecule has 0 spiro atoms. The van der Waals surface area contributed by atoms with Gasteiger partial charge in [0, 0.05) is 62.1 Å². The Morgan fingerprint density at radius 3 is 1.68 bits per heavy atom. The Morgan fingerprint density at radius 2 is 0.988 bits per heavy atom. The lowest BCUT2D eigenvalue weighted by Gasteiger charge is -2.26. The van der Waals surface area contributed by atoms with Gasteiger partial charge in [0.05, 0.1) is 27.6 Å². The van der Waals surface area contributed by atoms with Crippen molar-refractivity contribution in [2.45, 2.75) is 18.9 Å². The number of nitrogens with two attached hydrogens (primary N) is 1. The zero-order valence-electron chi connectivity index (χ0n) is 45.6. The summed E-state index contributed by atoms with van der Waals surface area (Å²) < 4.78 is 7.14. The van der Waals surface area contributed by atoms with E-state index in [1.807, 2.05) is 18.2 Å². The summed E-state index contributed by atoms with van der Waals surface area (Å²) in [6.07, 6.45) is 9.35. The highest BCUT2D eigenvalue weighted by Gasteiger charge is 2.47. The van der Waals surface area contributed by atoms with Crippen molar-refractivity contribution < 1.29 is 0 Å². The molecule has 0 aliphatic heterocycles. The third kappa shape index (κ3) is 8.95. The van der Waals surface area contributed by atoms with Crippen LogP contribution < -0.4 is 11.1 Å². The van der Waals surface area contributed by atoms with E-state index in [1.165, 1.54) is 43.7 Å². The maximum Gasteiger partial charge on any atom is 0.108 e. The van der Waals surface area contributed by atoms with Gasteiger partial charge >= 0.3 is 0 Å². The van der Waals surface area contributed by atoms with Crippen molar-refractivity contribution in [3.05, 3.63) is 338 Å². The number of benzene rings is 10. The summed E-state index contributed by atoms with van der Waals surface area (Å²) in [4.78, 5) is 0. The molecule has 10 aromatic carbocycles. The first-order valence-electron chi connectivity index (χ1n) is 28.1. The molecular formula is C77H59N5. The molecule has 0 saturated carbocycles. The molecule has 3 N–H and O–H groups in total. The molecular weight excluding hydrogens is 995 g/mol. The van der Waals surface area contributed by atoms with Gasteiger partial charge in [-0.2, -0.15) is 0 Å². The van der Waals surface area contributed by atoms with Gasteiger partial charge in [-0.1, -0.05) is 201 Å². The second-order valence-electron chi connectivity index (χ2n) is 21.3. The number of hydrogen-bond donors (Lipinski definition) is 2. The molecule has 1 unspecified atom stereocenters. The first kappa shape index (κ1) is 49.7. The lowest BCUT2D eigenvalue weighted by atomic mass is 9.94. The summed E-state index contributed by atoms with van der Waals surface area (Å²) in [5.74, 6) is 0. The molecule has 5 nitrogen and oxygen atoms in total. The standard InChI is InChI=1S/C77H59N5/c1-3-54(58-42-45-75-68(49-58)66-35-15-19-39-73(66)81(75)63-30-9-5-10-31-63)41-44-62(48-60-26-13-17-37-71(60)78)79-77(52-70(77)55-23-7-4-8-24-55)61-29-22-34-65(51-61)80-53(2)47-57(28-21-27-56-25-14-18-38-72(56)80)59-43-46-76-69(50-59)67-36-16-20-40-74(67)82(76)64-32-11-6-12-33-64/h3-47,49-52,79H,1,48,78H2,2H3/b27-21?,53-47?,54-41+,57-28?,62-44+. The van der Waals surface area contributed by atoms with Crippen molar-refractivity contribution in [3.63, 3.8) is 0 Å². The van der Waals surface area contributed by atoms with Crippen LogP contribution in [0.1, 0.15) is 27.9 Å². The molecule has 1 aliphatic rings. The fraction of sp³-hybridized carbons (Fsp3) is 0.0390. The van der Waals surface area contributed by atoms with Gasteiger partial charge < -0.3 is 24.8 Å². The summed E-state index contributed by atoms with van der Waals surface area (Å²) in [7, 11) is 0. The Kier molecular flexibility index (Phi) is 12.6.